The molecule has 0 spiro atoms. The number of rotatable bonds is 5. The van der Waals surface area contributed by atoms with Crippen LogP contribution in [0.3, 0.4) is 0 Å². The van der Waals surface area contributed by atoms with Crippen molar-refractivity contribution in [2.24, 2.45) is 5.92 Å². The first-order valence-electron chi connectivity index (χ1n) is 5.28. The molecule has 1 N–H and O–H groups in total. The van der Waals surface area contributed by atoms with Crippen molar-refractivity contribution in [2.75, 3.05) is 18.5 Å². The van der Waals surface area contributed by atoms with Gasteiger partial charge in [0.25, 0.3) is 0 Å². The highest BCUT2D eigenvalue weighted by Crippen LogP contribution is 2.20. The smallest absolute Gasteiger partial charge is 0.303 e. The lowest BCUT2D eigenvalue weighted by atomic mass is 10.1. The lowest BCUT2D eigenvalue weighted by Gasteiger charge is -2.23. The number of hydrogen-bond donors (Lipinski definition) is 1. The van der Waals surface area contributed by atoms with Crippen molar-refractivity contribution in [2.45, 2.75) is 13.3 Å². The van der Waals surface area contributed by atoms with Crippen LogP contribution in [-0.2, 0) is 4.79 Å². The summed E-state index contributed by atoms with van der Waals surface area (Å²) < 4.78 is 26.1. The highest BCUT2D eigenvalue weighted by molar-refractivity contribution is 5.67. The Morgan fingerprint density at radius 1 is 1.47 bits per heavy atom. The van der Waals surface area contributed by atoms with E-state index in [0.717, 1.165) is 6.07 Å². The first-order valence-corrected chi connectivity index (χ1v) is 5.28. The highest BCUT2D eigenvalue weighted by Gasteiger charge is 2.13. The first-order chi connectivity index (χ1) is 7.90. The van der Waals surface area contributed by atoms with Gasteiger partial charge in [-0.3, -0.25) is 4.79 Å². The van der Waals surface area contributed by atoms with Crippen LogP contribution in [0.1, 0.15) is 13.3 Å². The normalized spacial score (nSPS) is 12.2. The van der Waals surface area contributed by atoms with Gasteiger partial charge in [0.2, 0.25) is 0 Å². The third-order valence-electron chi connectivity index (χ3n) is 2.43. The fraction of sp³-hybridized carbons (Fsp3) is 0.417. The van der Waals surface area contributed by atoms with E-state index in [1.165, 1.54) is 12.1 Å². The Balaban J connectivity index is 2.69. The quantitative estimate of drug-likeness (QED) is 0.863. The average Bonchev–Trinajstić information content (AvgIpc) is 2.15. The minimum atomic E-state index is -0.884. The molecule has 17 heavy (non-hydrogen) atoms. The summed E-state index contributed by atoms with van der Waals surface area (Å²) >= 11 is 0. The van der Waals surface area contributed by atoms with Gasteiger partial charge in [0.1, 0.15) is 11.6 Å². The van der Waals surface area contributed by atoms with E-state index in [4.69, 9.17) is 5.11 Å². The summed E-state index contributed by atoms with van der Waals surface area (Å²) in [5.41, 5.74) is 0.267. The predicted octanol–water partition coefficient (Wildman–Crippen LogP) is 2.51. The number of benzene rings is 1. The summed E-state index contributed by atoms with van der Waals surface area (Å²) in [5.74, 6) is -2.26. The molecule has 0 heterocycles. The third-order valence-corrected chi connectivity index (χ3v) is 2.43. The van der Waals surface area contributed by atoms with Gasteiger partial charge in [-0.05, 0) is 18.1 Å². The van der Waals surface area contributed by atoms with Gasteiger partial charge in [-0.1, -0.05) is 6.92 Å². The standard InChI is InChI=1S/C12H15F2NO2/c1-8(5-12(16)17)7-15(2)11-4-3-9(13)6-10(11)14/h3-4,6,8H,5,7H2,1-2H3,(H,16,17). The van der Waals surface area contributed by atoms with E-state index in [-0.39, 0.29) is 18.0 Å². The van der Waals surface area contributed by atoms with E-state index in [0.29, 0.717) is 6.54 Å². The van der Waals surface area contributed by atoms with Crippen LogP contribution in [0.5, 0.6) is 0 Å². The zero-order chi connectivity index (χ0) is 13.0. The number of halogens is 2. The lowest BCUT2D eigenvalue weighted by Crippen LogP contribution is -2.26. The molecule has 0 saturated carbocycles. The molecular weight excluding hydrogens is 228 g/mol. The van der Waals surface area contributed by atoms with Crippen molar-refractivity contribution < 1.29 is 18.7 Å². The van der Waals surface area contributed by atoms with Crippen LogP contribution in [0.15, 0.2) is 18.2 Å². The Morgan fingerprint density at radius 3 is 2.65 bits per heavy atom. The van der Waals surface area contributed by atoms with E-state index < -0.39 is 17.6 Å². The molecule has 94 valence electrons. The molecular formula is C12H15F2NO2. The summed E-state index contributed by atoms with van der Waals surface area (Å²) in [5, 5.41) is 8.62. The topological polar surface area (TPSA) is 40.5 Å². The Morgan fingerprint density at radius 2 is 2.12 bits per heavy atom. The molecule has 3 nitrogen and oxygen atoms in total. The van der Waals surface area contributed by atoms with Crippen LogP contribution in [0, 0.1) is 17.6 Å². The highest BCUT2D eigenvalue weighted by atomic mass is 19.1. The van der Waals surface area contributed by atoms with Gasteiger partial charge in [0.15, 0.2) is 0 Å². The molecule has 0 aromatic heterocycles. The minimum absolute atomic E-state index is 0.0210. The molecule has 0 aliphatic rings. The molecule has 1 rings (SSSR count). The molecule has 0 amide bonds. The molecule has 0 aliphatic heterocycles. The molecule has 1 aromatic carbocycles. The van der Waals surface area contributed by atoms with Crippen molar-refractivity contribution in [3.63, 3.8) is 0 Å². The van der Waals surface area contributed by atoms with Gasteiger partial charge in [-0.2, -0.15) is 0 Å². The Bertz CT molecular complexity index is 409. The summed E-state index contributed by atoms with van der Waals surface area (Å²) in [4.78, 5) is 12.1. The first kappa shape index (κ1) is 13.4. The van der Waals surface area contributed by atoms with Crippen molar-refractivity contribution >= 4 is 11.7 Å². The van der Waals surface area contributed by atoms with Crippen LogP contribution < -0.4 is 4.90 Å². The molecule has 0 fully saturated rings. The van der Waals surface area contributed by atoms with Crippen molar-refractivity contribution in [1.29, 1.82) is 0 Å². The SMILES string of the molecule is CC(CC(=O)O)CN(C)c1ccc(F)cc1F. The second kappa shape index (κ2) is 5.61. The third kappa shape index (κ3) is 4.01. The molecule has 0 saturated heterocycles. The Labute approximate surface area is 98.7 Å². The van der Waals surface area contributed by atoms with Gasteiger partial charge in [0.05, 0.1) is 5.69 Å². The van der Waals surface area contributed by atoms with Crippen molar-refractivity contribution in [1.82, 2.24) is 0 Å². The van der Waals surface area contributed by atoms with Crippen molar-refractivity contribution in [3.8, 4) is 0 Å². The Kier molecular flexibility index (Phi) is 4.43. The second-order valence-corrected chi connectivity index (χ2v) is 4.18. The zero-order valence-electron chi connectivity index (χ0n) is 9.78. The van der Waals surface area contributed by atoms with E-state index >= 15 is 0 Å². The van der Waals surface area contributed by atoms with Gasteiger partial charge in [0, 0.05) is 26.1 Å². The number of carbonyl (C=O) groups is 1. The average molecular weight is 243 g/mol. The maximum absolute atomic E-state index is 13.4. The van der Waals surface area contributed by atoms with Gasteiger partial charge < -0.3 is 10.0 Å². The van der Waals surface area contributed by atoms with Crippen LogP contribution in [0.4, 0.5) is 14.5 Å². The largest absolute Gasteiger partial charge is 0.481 e. The number of anilines is 1. The zero-order valence-corrected chi connectivity index (χ0v) is 9.78. The maximum Gasteiger partial charge on any atom is 0.303 e. The van der Waals surface area contributed by atoms with E-state index in [1.54, 1.807) is 18.9 Å². The molecule has 1 atom stereocenters. The van der Waals surface area contributed by atoms with E-state index in [1.807, 2.05) is 0 Å². The summed E-state index contributed by atoms with van der Waals surface area (Å²) in [7, 11) is 1.65. The minimum Gasteiger partial charge on any atom is -0.481 e. The summed E-state index contributed by atoms with van der Waals surface area (Å²) in [6.45, 7) is 2.17. The van der Waals surface area contributed by atoms with Gasteiger partial charge in [-0.15, -0.1) is 0 Å². The van der Waals surface area contributed by atoms with E-state index in [9.17, 15) is 13.6 Å². The van der Waals surface area contributed by atoms with Crippen LogP contribution >= 0.6 is 0 Å². The van der Waals surface area contributed by atoms with Gasteiger partial charge in [-0.25, -0.2) is 8.78 Å². The monoisotopic (exact) mass is 243 g/mol. The summed E-state index contributed by atoms with van der Waals surface area (Å²) in [6, 6.07) is 3.34. The fourth-order valence-electron chi connectivity index (χ4n) is 1.72. The number of nitrogens with zero attached hydrogens (tertiary/aromatic N) is 1. The second-order valence-electron chi connectivity index (χ2n) is 4.18. The lowest BCUT2D eigenvalue weighted by molar-refractivity contribution is -0.137. The number of aliphatic carboxylic acids is 1. The fourth-order valence-corrected chi connectivity index (χ4v) is 1.72. The number of hydrogen-bond acceptors (Lipinski definition) is 2. The van der Waals surface area contributed by atoms with Crippen LogP contribution in [-0.4, -0.2) is 24.7 Å². The predicted molar refractivity (Wildman–Crippen MR) is 61.0 cm³/mol. The number of carboxylic acids is 1. The van der Waals surface area contributed by atoms with Gasteiger partial charge >= 0.3 is 5.97 Å². The van der Waals surface area contributed by atoms with Crippen LogP contribution in [0.2, 0.25) is 0 Å². The maximum atomic E-state index is 13.4. The van der Waals surface area contributed by atoms with Crippen LogP contribution in [0.25, 0.3) is 0 Å². The molecule has 0 bridgehead atoms. The number of carboxylic acid groups (broad SMARTS) is 1. The molecule has 1 unspecified atom stereocenters. The van der Waals surface area contributed by atoms with E-state index in [2.05, 4.69) is 0 Å². The molecule has 1 aromatic rings. The molecule has 0 radical (unpaired) electrons. The summed E-state index contributed by atoms with van der Waals surface area (Å²) in [6.07, 6.45) is 0.0210. The molecule has 0 aliphatic carbocycles. The van der Waals surface area contributed by atoms with Crippen molar-refractivity contribution in [3.05, 3.63) is 29.8 Å². The molecule has 5 heteroatoms. The Hall–Kier alpha value is -1.65.